The van der Waals surface area contributed by atoms with Crippen molar-refractivity contribution in [3.63, 3.8) is 0 Å². The summed E-state index contributed by atoms with van der Waals surface area (Å²) in [5.41, 5.74) is 1.19. The van der Waals surface area contributed by atoms with Gasteiger partial charge in [-0.05, 0) is 18.1 Å². The predicted octanol–water partition coefficient (Wildman–Crippen LogP) is 3.87. The van der Waals surface area contributed by atoms with Crippen LogP contribution in [0.5, 0.6) is 0 Å². The molecule has 1 aromatic carbocycles. The summed E-state index contributed by atoms with van der Waals surface area (Å²) in [5, 5.41) is 0. The fourth-order valence-electron chi connectivity index (χ4n) is 2.24. The van der Waals surface area contributed by atoms with Crippen molar-refractivity contribution < 1.29 is 9.47 Å². The standard InChI is InChI=1S/C18H23NO2/c1-2-18(20-15-16-21-18)12-14-19-13-8-4-7-11-17-9-5-3-6-10-17/h3-11,13H,2,12,14-16H2,1H3/b8-4+,11-7+,19-13?. The lowest BCUT2D eigenvalue weighted by Gasteiger charge is -2.24. The predicted molar refractivity (Wildman–Crippen MR) is 87.5 cm³/mol. The average Bonchev–Trinajstić information content (AvgIpc) is 3.00. The van der Waals surface area contributed by atoms with Crippen LogP contribution < -0.4 is 0 Å². The molecule has 0 N–H and O–H groups in total. The van der Waals surface area contributed by atoms with Gasteiger partial charge in [0.15, 0.2) is 5.79 Å². The maximum Gasteiger partial charge on any atom is 0.170 e. The summed E-state index contributed by atoms with van der Waals surface area (Å²) in [6.45, 7) is 4.20. The first-order valence-electron chi connectivity index (χ1n) is 7.51. The third kappa shape index (κ3) is 5.29. The zero-order valence-electron chi connectivity index (χ0n) is 12.6. The van der Waals surface area contributed by atoms with Crippen LogP contribution in [0.1, 0.15) is 25.3 Å². The summed E-state index contributed by atoms with van der Waals surface area (Å²) >= 11 is 0. The molecule has 1 aromatic rings. The van der Waals surface area contributed by atoms with E-state index in [0.717, 1.165) is 19.4 Å². The monoisotopic (exact) mass is 285 g/mol. The minimum absolute atomic E-state index is 0.395. The normalized spacial score (nSPS) is 18.3. The molecule has 112 valence electrons. The van der Waals surface area contributed by atoms with Gasteiger partial charge in [0.1, 0.15) is 0 Å². The van der Waals surface area contributed by atoms with Gasteiger partial charge in [-0.1, -0.05) is 55.5 Å². The Labute approximate surface area is 127 Å². The Bertz CT molecular complexity index is 485. The fourth-order valence-corrected chi connectivity index (χ4v) is 2.24. The van der Waals surface area contributed by atoms with E-state index < -0.39 is 5.79 Å². The molecule has 2 rings (SSSR count). The lowest BCUT2D eigenvalue weighted by Crippen LogP contribution is -2.29. The molecular weight excluding hydrogens is 262 g/mol. The summed E-state index contributed by atoms with van der Waals surface area (Å²) in [6.07, 6.45) is 11.5. The Morgan fingerprint density at radius 1 is 1.10 bits per heavy atom. The van der Waals surface area contributed by atoms with Crippen LogP contribution in [0.3, 0.4) is 0 Å². The van der Waals surface area contributed by atoms with E-state index in [1.54, 1.807) is 0 Å². The maximum atomic E-state index is 5.66. The molecule has 1 aliphatic heterocycles. The van der Waals surface area contributed by atoms with Crippen molar-refractivity contribution in [1.29, 1.82) is 0 Å². The summed E-state index contributed by atoms with van der Waals surface area (Å²) in [4.78, 5) is 4.37. The molecule has 0 saturated carbocycles. The Balaban J connectivity index is 1.68. The van der Waals surface area contributed by atoms with E-state index in [2.05, 4.69) is 30.1 Å². The van der Waals surface area contributed by atoms with Crippen molar-refractivity contribution in [2.45, 2.75) is 25.6 Å². The molecule has 0 unspecified atom stereocenters. The van der Waals surface area contributed by atoms with E-state index >= 15 is 0 Å². The summed E-state index contributed by atoms with van der Waals surface area (Å²) in [5.74, 6) is -0.395. The number of aliphatic imine (C=N–C) groups is 1. The highest BCUT2D eigenvalue weighted by atomic mass is 16.7. The molecule has 0 spiro atoms. The van der Waals surface area contributed by atoms with Crippen molar-refractivity contribution in [3.8, 4) is 0 Å². The molecular formula is C18H23NO2. The van der Waals surface area contributed by atoms with Gasteiger partial charge in [-0.15, -0.1) is 0 Å². The van der Waals surface area contributed by atoms with Gasteiger partial charge in [0.25, 0.3) is 0 Å². The largest absolute Gasteiger partial charge is 0.347 e. The average molecular weight is 285 g/mol. The zero-order valence-corrected chi connectivity index (χ0v) is 12.6. The highest BCUT2D eigenvalue weighted by Gasteiger charge is 2.33. The van der Waals surface area contributed by atoms with E-state index in [9.17, 15) is 0 Å². The zero-order chi connectivity index (χ0) is 14.8. The first-order chi connectivity index (χ1) is 10.3. The Hall–Kier alpha value is -1.71. The van der Waals surface area contributed by atoms with Crippen LogP contribution in [-0.4, -0.2) is 31.8 Å². The van der Waals surface area contributed by atoms with Gasteiger partial charge in [0.05, 0.1) is 13.2 Å². The molecule has 1 aliphatic rings. The number of hydrogen-bond donors (Lipinski definition) is 0. The van der Waals surface area contributed by atoms with Crippen LogP contribution in [0.15, 0.2) is 53.6 Å². The van der Waals surface area contributed by atoms with E-state index in [4.69, 9.17) is 9.47 Å². The number of allylic oxidation sites excluding steroid dienone is 3. The number of ether oxygens (including phenoxy) is 2. The van der Waals surface area contributed by atoms with Gasteiger partial charge in [-0.3, -0.25) is 4.99 Å². The lowest BCUT2D eigenvalue weighted by molar-refractivity contribution is -0.161. The molecule has 0 aromatic heterocycles. The van der Waals surface area contributed by atoms with Crippen molar-refractivity contribution in [3.05, 3.63) is 54.1 Å². The number of rotatable bonds is 7. The minimum Gasteiger partial charge on any atom is -0.347 e. The lowest BCUT2D eigenvalue weighted by atomic mass is 10.1. The smallest absolute Gasteiger partial charge is 0.170 e. The topological polar surface area (TPSA) is 30.8 Å². The van der Waals surface area contributed by atoms with Crippen LogP contribution in [0.2, 0.25) is 0 Å². The third-order valence-corrected chi connectivity index (χ3v) is 3.48. The second-order valence-electron chi connectivity index (χ2n) is 4.92. The molecule has 0 aliphatic carbocycles. The quantitative estimate of drug-likeness (QED) is 0.562. The van der Waals surface area contributed by atoms with Gasteiger partial charge in [-0.2, -0.15) is 0 Å². The number of hydrogen-bond acceptors (Lipinski definition) is 3. The van der Waals surface area contributed by atoms with E-state index in [1.165, 1.54) is 5.56 Å². The first-order valence-corrected chi connectivity index (χ1v) is 7.51. The van der Waals surface area contributed by atoms with Crippen LogP contribution >= 0.6 is 0 Å². The Morgan fingerprint density at radius 3 is 2.57 bits per heavy atom. The molecule has 1 saturated heterocycles. The van der Waals surface area contributed by atoms with E-state index in [0.29, 0.717) is 13.2 Å². The van der Waals surface area contributed by atoms with Crippen LogP contribution in [0.25, 0.3) is 6.08 Å². The van der Waals surface area contributed by atoms with Gasteiger partial charge >= 0.3 is 0 Å². The van der Waals surface area contributed by atoms with Gasteiger partial charge in [0.2, 0.25) is 0 Å². The molecule has 0 bridgehead atoms. The SMILES string of the molecule is CCC1(CCN=C/C=C/C=C/c2ccccc2)OCCO1. The van der Waals surface area contributed by atoms with Gasteiger partial charge in [0, 0.05) is 19.2 Å². The molecule has 0 atom stereocenters. The second-order valence-corrected chi connectivity index (χ2v) is 4.92. The molecule has 0 radical (unpaired) electrons. The minimum atomic E-state index is -0.395. The number of benzene rings is 1. The molecule has 1 fully saturated rings. The van der Waals surface area contributed by atoms with Crippen molar-refractivity contribution >= 4 is 12.3 Å². The second kappa shape index (κ2) is 8.55. The highest BCUT2D eigenvalue weighted by Crippen LogP contribution is 2.26. The van der Waals surface area contributed by atoms with Crippen LogP contribution in [0.4, 0.5) is 0 Å². The third-order valence-electron chi connectivity index (χ3n) is 3.48. The Morgan fingerprint density at radius 2 is 1.86 bits per heavy atom. The van der Waals surface area contributed by atoms with Crippen LogP contribution in [-0.2, 0) is 9.47 Å². The van der Waals surface area contributed by atoms with E-state index in [-0.39, 0.29) is 0 Å². The number of nitrogens with zero attached hydrogens (tertiary/aromatic N) is 1. The van der Waals surface area contributed by atoms with Gasteiger partial charge in [-0.25, -0.2) is 0 Å². The molecule has 3 heteroatoms. The Kier molecular flexibility index (Phi) is 6.38. The molecule has 0 amide bonds. The van der Waals surface area contributed by atoms with Crippen LogP contribution in [0, 0.1) is 0 Å². The molecule has 1 heterocycles. The summed E-state index contributed by atoms with van der Waals surface area (Å²) < 4.78 is 11.3. The van der Waals surface area contributed by atoms with Crippen molar-refractivity contribution in [2.24, 2.45) is 4.99 Å². The van der Waals surface area contributed by atoms with Gasteiger partial charge < -0.3 is 9.47 Å². The summed E-state index contributed by atoms with van der Waals surface area (Å²) in [7, 11) is 0. The first kappa shape index (κ1) is 15.7. The van der Waals surface area contributed by atoms with Crippen molar-refractivity contribution in [2.75, 3.05) is 19.8 Å². The molecule has 21 heavy (non-hydrogen) atoms. The summed E-state index contributed by atoms with van der Waals surface area (Å²) in [6, 6.07) is 10.2. The fraction of sp³-hybridized carbons (Fsp3) is 0.389. The highest BCUT2D eigenvalue weighted by molar-refractivity contribution is 5.72. The maximum absolute atomic E-state index is 5.66. The molecule has 3 nitrogen and oxygen atoms in total. The van der Waals surface area contributed by atoms with E-state index in [1.807, 2.05) is 42.6 Å². The van der Waals surface area contributed by atoms with Crippen molar-refractivity contribution in [1.82, 2.24) is 0 Å².